The average molecular weight is 298 g/mol. The zero-order valence-corrected chi connectivity index (χ0v) is 12.7. The van der Waals surface area contributed by atoms with Gasteiger partial charge in [-0.1, -0.05) is 25.1 Å². The lowest BCUT2D eigenvalue weighted by molar-refractivity contribution is -0.129. The van der Waals surface area contributed by atoms with E-state index >= 15 is 0 Å². The Labute approximate surface area is 128 Å². The average Bonchev–Trinajstić information content (AvgIpc) is 3.10. The molecular formula is C16H18N4O2. The summed E-state index contributed by atoms with van der Waals surface area (Å²) in [6.07, 6.45) is 0.382. The third kappa shape index (κ3) is 2.36. The Kier molecular flexibility index (Phi) is 3.66. The number of nitrogens with one attached hydrogen (secondary N) is 1. The summed E-state index contributed by atoms with van der Waals surface area (Å²) in [4.78, 5) is 27.3. The fraction of sp³-hybridized carbons (Fsp3) is 0.312. The fourth-order valence-electron chi connectivity index (χ4n) is 2.65. The third-order valence-corrected chi connectivity index (χ3v) is 3.85. The summed E-state index contributed by atoms with van der Waals surface area (Å²) in [6, 6.07) is 9.45. The van der Waals surface area contributed by atoms with E-state index in [0.29, 0.717) is 25.3 Å². The Hall–Kier alpha value is -2.63. The normalized spacial score (nSPS) is 13.1. The summed E-state index contributed by atoms with van der Waals surface area (Å²) in [6.45, 7) is 4.37. The van der Waals surface area contributed by atoms with Gasteiger partial charge < -0.3 is 4.90 Å². The lowest BCUT2D eigenvalue weighted by Gasteiger charge is -2.21. The first kappa shape index (κ1) is 14.3. The largest absolute Gasteiger partial charge is 0.333 e. The van der Waals surface area contributed by atoms with E-state index in [-0.39, 0.29) is 11.8 Å². The number of nitrogens with zero attached hydrogens (tertiary/aromatic N) is 3. The minimum atomic E-state index is -0.0261. The molecule has 0 spiro atoms. The number of anilines is 2. The molecule has 6 nitrogen and oxygen atoms in total. The summed E-state index contributed by atoms with van der Waals surface area (Å²) in [5, 5.41) is 7.28. The van der Waals surface area contributed by atoms with Gasteiger partial charge in [0.2, 0.25) is 11.8 Å². The number of H-pyrrole nitrogens is 1. The van der Waals surface area contributed by atoms with E-state index in [2.05, 4.69) is 10.2 Å². The maximum atomic E-state index is 12.4. The second kappa shape index (κ2) is 5.63. The molecular weight excluding hydrogens is 280 g/mol. The summed E-state index contributed by atoms with van der Waals surface area (Å²) in [5.41, 5.74) is 2.60. The molecule has 0 saturated heterocycles. The molecule has 0 bridgehead atoms. The molecule has 0 atom stereocenters. The number of benzene rings is 1. The Morgan fingerprint density at radius 3 is 2.64 bits per heavy atom. The number of carbonyl (C=O) groups is 2. The zero-order valence-electron chi connectivity index (χ0n) is 12.7. The predicted molar refractivity (Wildman–Crippen MR) is 82.4 cm³/mol. The highest BCUT2D eigenvalue weighted by Crippen LogP contribution is 2.33. The molecule has 1 N–H and O–H groups in total. The van der Waals surface area contributed by atoms with Crippen LogP contribution in [0.2, 0.25) is 0 Å². The summed E-state index contributed by atoms with van der Waals surface area (Å²) in [7, 11) is 0. The van der Waals surface area contributed by atoms with Crippen molar-refractivity contribution in [2.24, 2.45) is 0 Å². The van der Waals surface area contributed by atoms with Crippen LogP contribution >= 0.6 is 0 Å². The van der Waals surface area contributed by atoms with Crippen LogP contribution in [-0.4, -0.2) is 26.9 Å². The van der Waals surface area contributed by atoms with Crippen molar-refractivity contribution in [3.05, 3.63) is 41.6 Å². The maximum absolute atomic E-state index is 12.4. The molecule has 3 rings (SSSR count). The summed E-state index contributed by atoms with van der Waals surface area (Å²) >= 11 is 0. The van der Waals surface area contributed by atoms with E-state index in [4.69, 9.17) is 0 Å². The van der Waals surface area contributed by atoms with Gasteiger partial charge in [-0.25, -0.2) is 0 Å². The minimum absolute atomic E-state index is 0.0172. The second-order valence-electron chi connectivity index (χ2n) is 5.30. The molecule has 6 heteroatoms. The van der Waals surface area contributed by atoms with Gasteiger partial charge in [0, 0.05) is 18.9 Å². The number of fused-ring (bicyclic) bond motifs is 1. The van der Waals surface area contributed by atoms with Gasteiger partial charge in [0.15, 0.2) is 5.82 Å². The SMILES string of the molecule is CCC(=O)N(c1ccccc1)c1n[nH]c2c1CN(C(C)=O)C2. The first-order valence-electron chi connectivity index (χ1n) is 7.31. The maximum Gasteiger partial charge on any atom is 0.232 e. The van der Waals surface area contributed by atoms with Crippen LogP contribution < -0.4 is 4.90 Å². The van der Waals surface area contributed by atoms with Crippen molar-refractivity contribution in [2.45, 2.75) is 33.4 Å². The van der Waals surface area contributed by atoms with E-state index < -0.39 is 0 Å². The van der Waals surface area contributed by atoms with Crippen molar-refractivity contribution < 1.29 is 9.59 Å². The van der Waals surface area contributed by atoms with E-state index in [1.807, 2.05) is 37.3 Å². The van der Waals surface area contributed by atoms with Gasteiger partial charge in [0.25, 0.3) is 0 Å². The van der Waals surface area contributed by atoms with Crippen molar-refractivity contribution in [3.63, 3.8) is 0 Å². The van der Waals surface area contributed by atoms with Gasteiger partial charge in [-0.3, -0.25) is 19.6 Å². The van der Waals surface area contributed by atoms with E-state index in [9.17, 15) is 9.59 Å². The smallest absolute Gasteiger partial charge is 0.232 e. The first-order valence-corrected chi connectivity index (χ1v) is 7.31. The Balaban J connectivity index is 2.02. The molecule has 0 saturated carbocycles. The number of carbonyl (C=O) groups excluding carboxylic acids is 2. The van der Waals surface area contributed by atoms with E-state index in [0.717, 1.165) is 16.9 Å². The lowest BCUT2D eigenvalue weighted by atomic mass is 10.2. The molecule has 0 unspecified atom stereocenters. The Morgan fingerprint density at radius 1 is 1.27 bits per heavy atom. The highest BCUT2D eigenvalue weighted by atomic mass is 16.2. The van der Waals surface area contributed by atoms with Crippen LogP contribution in [0.4, 0.5) is 11.5 Å². The van der Waals surface area contributed by atoms with Gasteiger partial charge >= 0.3 is 0 Å². The Bertz CT molecular complexity index is 708. The molecule has 0 fully saturated rings. The molecule has 0 aliphatic carbocycles. The zero-order chi connectivity index (χ0) is 15.7. The molecule has 22 heavy (non-hydrogen) atoms. The number of amides is 2. The number of hydrogen-bond acceptors (Lipinski definition) is 3. The molecule has 0 radical (unpaired) electrons. The standard InChI is InChI=1S/C16H18N4O2/c1-3-15(22)20(12-7-5-4-6-8-12)16-13-9-19(11(2)21)10-14(13)17-18-16/h4-8H,3,9-10H2,1-2H3,(H,17,18). The predicted octanol–water partition coefficient (Wildman–Crippen LogP) is 2.35. The summed E-state index contributed by atoms with van der Waals surface area (Å²) in [5.74, 6) is 0.585. The molecule has 1 aliphatic heterocycles. The van der Waals surface area contributed by atoms with Crippen molar-refractivity contribution in [2.75, 3.05) is 4.90 Å². The van der Waals surface area contributed by atoms with Crippen LogP contribution in [0.3, 0.4) is 0 Å². The Morgan fingerprint density at radius 2 is 2.00 bits per heavy atom. The van der Waals surface area contributed by atoms with Crippen molar-refractivity contribution in [3.8, 4) is 0 Å². The molecule has 2 heterocycles. The summed E-state index contributed by atoms with van der Waals surface area (Å²) < 4.78 is 0. The molecule has 1 aliphatic rings. The second-order valence-corrected chi connectivity index (χ2v) is 5.30. The number of aromatic nitrogens is 2. The van der Waals surface area contributed by atoms with Crippen LogP contribution in [0.5, 0.6) is 0 Å². The molecule has 1 aromatic carbocycles. The lowest BCUT2D eigenvalue weighted by Crippen LogP contribution is -2.27. The third-order valence-electron chi connectivity index (χ3n) is 3.85. The number of rotatable bonds is 3. The molecule has 2 aromatic rings. The fourth-order valence-corrected chi connectivity index (χ4v) is 2.65. The highest BCUT2D eigenvalue weighted by molar-refractivity contribution is 6.00. The van der Waals surface area contributed by atoms with Crippen molar-refractivity contribution >= 4 is 23.3 Å². The molecule has 114 valence electrons. The van der Waals surface area contributed by atoms with Crippen LogP contribution in [0, 0.1) is 0 Å². The number of aromatic amines is 1. The van der Waals surface area contributed by atoms with Gasteiger partial charge in [0.05, 0.1) is 24.5 Å². The van der Waals surface area contributed by atoms with Crippen molar-refractivity contribution in [1.29, 1.82) is 0 Å². The quantitative estimate of drug-likeness (QED) is 0.945. The van der Waals surface area contributed by atoms with Gasteiger partial charge in [-0.15, -0.1) is 0 Å². The van der Waals surface area contributed by atoms with E-state index in [1.165, 1.54) is 0 Å². The van der Waals surface area contributed by atoms with Gasteiger partial charge in [-0.05, 0) is 12.1 Å². The highest BCUT2D eigenvalue weighted by Gasteiger charge is 2.31. The topological polar surface area (TPSA) is 69.3 Å². The van der Waals surface area contributed by atoms with Crippen LogP contribution in [-0.2, 0) is 22.7 Å². The minimum Gasteiger partial charge on any atom is -0.333 e. The van der Waals surface area contributed by atoms with E-state index in [1.54, 1.807) is 16.7 Å². The van der Waals surface area contributed by atoms with Crippen LogP contribution in [0.15, 0.2) is 30.3 Å². The molecule has 2 amide bonds. The van der Waals surface area contributed by atoms with Crippen LogP contribution in [0.25, 0.3) is 0 Å². The first-order chi connectivity index (χ1) is 10.6. The monoisotopic (exact) mass is 298 g/mol. The van der Waals surface area contributed by atoms with Crippen molar-refractivity contribution in [1.82, 2.24) is 15.1 Å². The number of para-hydroxylation sites is 1. The number of hydrogen-bond donors (Lipinski definition) is 1. The molecule has 1 aromatic heterocycles. The van der Waals surface area contributed by atoms with Gasteiger partial charge in [0.1, 0.15) is 0 Å². The van der Waals surface area contributed by atoms with Gasteiger partial charge in [-0.2, -0.15) is 5.10 Å². The van der Waals surface area contributed by atoms with Crippen LogP contribution in [0.1, 0.15) is 31.5 Å².